The first-order valence-corrected chi connectivity index (χ1v) is 7.05. The average Bonchev–Trinajstić information content (AvgIpc) is 2.32. The molecular formula is C11H14F2N2O2S. The highest BCUT2D eigenvalue weighted by molar-refractivity contribution is 7.89. The Morgan fingerprint density at radius 3 is 2.78 bits per heavy atom. The quantitative estimate of drug-likeness (QED) is 0.875. The Bertz CT molecular complexity index is 548. The molecule has 4 nitrogen and oxygen atoms in total. The molecule has 0 bridgehead atoms. The van der Waals surface area contributed by atoms with Gasteiger partial charge >= 0.3 is 0 Å². The first-order chi connectivity index (χ1) is 8.44. The molecule has 1 N–H and O–H groups in total. The molecule has 0 amide bonds. The number of halogens is 2. The third kappa shape index (κ3) is 2.25. The minimum Gasteiger partial charge on any atom is -0.314 e. The van der Waals surface area contributed by atoms with Crippen LogP contribution >= 0.6 is 0 Å². The SMILES string of the molecule is CC1CNCCN1S(=O)(=O)c1cccc(F)c1F. The van der Waals surface area contributed by atoms with E-state index in [0.29, 0.717) is 13.1 Å². The van der Waals surface area contributed by atoms with Crippen LogP contribution in [0.15, 0.2) is 23.1 Å². The van der Waals surface area contributed by atoms with Crippen LogP contribution in [0, 0.1) is 11.6 Å². The van der Waals surface area contributed by atoms with Gasteiger partial charge in [0, 0.05) is 25.7 Å². The number of nitrogens with one attached hydrogen (secondary N) is 1. The number of piperazine rings is 1. The Morgan fingerprint density at radius 1 is 1.39 bits per heavy atom. The van der Waals surface area contributed by atoms with Crippen molar-refractivity contribution in [1.82, 2.24) is 9.62 Å². The Kier molecular flexibility index (Phi) is 3.65. The molecule has 2 rings (SSSR count). The molecule has 1 saturated heterocycles. The van der Waals surface area contributed by atoms with Crippen LogP contribution in [0.5, 0.6) is 0 Å². The summed E-state index contributed by atoms with van der Waals surface area (Å²) in [4.78, 5) is -0.601. The van der Waals surface area contributed by atoms with Crippen molar-refractivity contribution in [1.29, 1.82) is 0 Å². The maximum Gasteiger partial charge on any atom is 0.246 e. The van der Waals surface area contributed by atoms with E-state index in [2.05, 4.69) is 5.32 Å². The summed E-state index contributed by atoms with van der Waals surface area (Å²) in [5.74, 6) is -2.47. The third-order valence-corrected chi connectivity index (χ3v) is 4.97. The highest BCUT2D eigenvalue weighted by Gasteiger charge is 2.33. The summed E-state index contributed by atoms with van der Waals surface area (Å²) in [6, 6.07) is 2.89. The van der Waals surface area contributed by atoms with Gasteiger partial charge < -0.3 is 5.32 Å². The van der Waals surface area contributed by atoms with Crippen molar-refractivity contribution < 1.29 is 17.2 Å². The van der Waals surface area contributed by atoms with Crippen molar-refractivity contribution in [2.24, 2.45) is 0 Å². The zero-order valence-electron chi connectivity index (χ0n) is 9.86. The highest BCUT2D eigenvalue weighted by atomic mass is 32.2. The van der Waals surface area contributed by atoms with Crippen LogP contribution in [-0.4, -0.2) is 38.4 Å². The third-order valence-electron chi connectivity index (χ3n) is 2.94. The lowest BCUT2D eigenvalue weighted by atomic mass is 10.3. The van der Waals surface area contributed by atoms with Gasteiger partial charge in [0.2, 0.25) is 10.0 Å². The second-order valence-electron chi connectivity index (χ2n) is 4.22. The van der Waals surface area contributed by atoms with Gasteiger partial charge in [-0.15, -0.1) is 0 Å². The molecule has 0 saturated carbocycles. The summed E-state index contributed by atoms with van der Waals surface area (Å²) in [5.41, 5.74) is 0. The van der Waals surface area contributed by atoms with Gasteiger partial charge in [-0.2, -0.15) is 4.31 Å². The van der Waals surface area contributed by atoms with Crippen molar-refractivity contribution in [2.45, 2.75) is 17.9 Å². The lowest BCUT2D eigenvalue weighted by Crippen LogP contribution is -2.52. The molecule has 1 aromatic rings. The summed E-state index contributed by atoms with van der Waals surface area (Å²) in [5, 5.41) is 3.04. The van der Waals surface area contributed by atoms with Crippen LogP contribution in [0.2, 0.25) is 0 Å². The first-order valence-electron chi connectivity index (χ1n) is 5.61. The normalized spacial score (nSPS) is 22.1. The molecule has 18 heavy (non-hydrogen) atoms. The smallest absolute Gasteiger partial charge is 0.246 e. The van der Waals surface area contributed by atoms with Gasteiger partial charge in [0.25, 0.3) is 0 Å². The molecule has 0 aromatic heterocycles. The Hall–Kier alpha value is -1.05. The lowest BCUT2D eigenvalue weighted by molar-refractivity contribution is 0.282. The average molecular weight is 276 g/mol. The first kappa shape index (κ1) is 13.4. The van der Waals surface area contributed by atoms with Crippen LogP contribution in [0.4, 0.5) is 8.78 Å². The Balaban J connectivity index is 2.44. The zero-order valence-corrected chi connectivity index (χ0v) is 10.7. The van der Waals surface area contributed by atoms with Crippen molar-refractivity contribution in [3.8, 4) is 0 Å². The van der Waals surface area contributed by atoms with E-state index in [9.17, 15) is 17.2 Å². The maximum absolute atomic E-state index is 13.6. The van der Waals surface area contributed by atoms with Gasteiger partial charge in [-0.1, -0.05) is 6.07 Å². The molecule has 0 radical (unpaired) electrons. The fourth-order valence-electron chi connectivity index (χ4n) is 1.99. The molecule has 1 unspecified atom stereocenters. The van der Waals surface area contributed by atoms with Crippen LogP contribution in [0.25, 0.3) is 0 Å². The Labute approximate surface area is 105 Å². The van der Waals surface area contributed by atoms with E-state index < -0.39 is 26.6 Å². The van der Waals surface area contributed by atoms with E-state index in [-0.39, 0.29) is 12.6 Å². The van der Waals surface area contributed by atoms with Crippen molar-refractivity contribution in [2.75, 3.05) is 19.6 Å². The van der Waals surface area contributed by atoms with E-state index >= 15 is 0 Å². The molecule has 7 heteroatoms. The van der Waals surface area contributed by atoms with E-state index in [4.69, 9.17) is 0 Å². The zero-order chi connectivity index (χ0) is 13.3. The number of rotatable bonds is 2. The van der Waals surface area contributed by atoms with Gasteiger partial charge in [-0.25, -0.2) is 17.2 Å². The summed E-state index contributed by atoms with van der Waals surface area (Å²) in [6.07, 6.45) is 0. The Morgan fingerprint density at radius 2 is 2.11 bits per heavy atom. The molecular weight excluding hydrogens is 262 g/mol. The summed E-state index contributed by atoms with van der Waals surface area (Å²) < 4.78 is 52.4. The fraction of sp³-hybridized carbons (Fsp3) is 0.455. The maximum atomic E-state index is 13.6. The van der Waals surface area contributed by atoms with Crippen molar-refractivity contribution in [3.05, 3.63) is 29.8 Å². The van der Waals surface area contributed by atoms with E-state index in [0.717, 1.165) is 12.1 Å². The predicted molar refractivity (Wildman–Crippen MR) is 62.6 cm³/mol. The molecule has 1 aliphatic heterocycles. The minimum atomic E-state index is -3.99. The van der Waals surface area contributed by atoms with Crippen LogP contribution < -0.4 is 5.32 Å². The molecule has 100 valence electrons. The molecule has 1 aromatic carbocycles. The van der Waals surface area contributed by atoms with Gasteiger partial charge in [0.15, 0.2) is 11.6 Å². The minimum absolute atomic E-state index is 0.249. The lowest BCUT2D eigenvalue weighted by Gasteiger charge is -2.32. The summed E-state index contributed by atoms with van der Waals surface area (Å²) >= 11 is 0. The number of nitrogens with zero attached hydrogens (tertiary/aromatic N) is 1. The number of hydrogen-bond donors (Lipinski definition) is 1. The molecule has 1 aliphatic rings. The van der Waals surface area contributed by atoms with Gasteiger partial charge in [0.05, 0.1) is 0 Å². The number of benzene rings is 1. The molecule has 1 atom stereocenters. The predicted octanol–water partition coefficient (Wildman–Crippen LogP) is 0.947. The second-order valence-corrected chi connectivity index (χ2v) is 6.08. The highest BCUT2D eigenvalue weighted by Crippen LogP contribution is 2.23. The number of hydrogen-bond acceptors (Lipinski definition) is 3. The summed E-state index contributed by atoms with van der Waals surface area (Å²) in [6.45, 7) is 2.97. The topological polar surface area (TPSA) is 49.4 Å². The van der Waals surface area contributed by atoms with E-state index in [1.54, 1.807) is 6.92 Å². The monoisotopic (exact) mass is 276 g/mol. The summed E-state index contributed by atoms with van der Waals surface area (Å²) in [7, 11) is -3.99. The molecule has 0 aliphatic carbocycles. The molecule has 0 spiro atoms. The van der Waals surface area contributed by atoms with Crippen LogP contribution in [-0.2, 0) is 10.0 Å². The fourth-order valence-corrected chi connectivity index (χ4v) is 3.70. The van der Waals surface area contributed by atoms with Crippen LogP contribution in [0.3, 0.4) is 0 Å². The van der Waals surface area contributed by atoms with Gasteiger partial charge in [0.1, 0.15) is 4.90 Å². The van der Waals surface area contributed by atoms with E-state index in [1.165, 1.54) is 10.4 Å². The van der Waals surface area contributed by atoms with Gasteiger partial charge in [-0.3, -0.25) is 0 Å². The second kappa shape index (κ2) is 4.91. The van der Waals surface area contributed by atoms with Crippen molar-refractivity contribution in [3.63, 3.8) is 0 Å². The molecule has 1 heterocycles. The standard InChI is InChI=1S/C11H14F2N2O2S/c1-8-7-14-5-6-15(8)18(16,17)10-4-2-3-9(12)11(10)13/h2-4,8,14H,5-7H2,1H3. The largest absolute Gasteiger partial charge is 0.314 e. The van der Waals surface area contributed by atoms with Crippen molar-refractivity contribution >= 4 is 10.0 Å². The van der Waals surface area contributed by atoms with E-state index in [1.807, 2.05) is 0 Å². The van der Waals surface area contributed by atoms with Crippen LogP contribution in [0.1, 0.15) is 6.92 Å². The number of sulfonamides is 1. The molecule has 1 fully saturated rings. The van der Waals surface area contributed by atoms with Gasteiger partial charge in [-0.05, 0) is 19.1 Å².